The Morgan fingerprint density at radius 2 is 1.50 bits per heavy atom. The number of unbranched alkanes of at least 4 members (excludes halogenated alkanes) is 8. The lowest BCUT2D eigenvalue weighted by atomic mass is 10.1. The fourth-order valence-corrected chi connectivity index (χ4v) is 2.55. The molecule has 0 spiro atoms. The SMILES string of the molecule is CCCCCCCCCCCC(=O)N(CC)CCOCCO. The van der Waals surface area contributed by atoms with Crippen LogP contribution in [0.25, 0.3) is 0 Å². The maximum Gasteiger partial charge on any atom is 0.222 e. The normalized spacial score (nSPS) is 10.9. The van der Waals surface area contributed by atoms with Crippen molar-refractivity contribution in [2.24, 2.45) is 0 Å². The molecule has 0 atom stereocenters. The Bertz CT molecular complexity index is 246. The molecule has 0 aromatic carbocycles. The molecule has 0 aromatic rings. The Morgan fingerprint density at radius 3 is 2.05 bits per heavy atom. The summed E-state index contributed by atoms with van der Waals surface area (Å²) in [5, 5.41) is 8.64. The van der Waals surface area contributed by atoms with Gasteiger partial charge in [-0.15, -0.1) is 0 Å². The fraction of sp³-hybridized carbons (Fsp3) is 0.944. The topological polar surface area (TPSA) is 49.8 Å². The van der Waals surface area contributed by atoms with E-state index in [1.165, 1.54) is 44.9 Å². The average Bonchev–Trinajstić information content (AvgIpc) is 2.53. The van der Waals surface area contributed by atoms with Gasteiger partial charge in [-0.3, -0.25) is 4.79 Å². The van der Waals surface area contributed by atoms with Gasteiger partial charge in [0.05, 0.1) is 19.8 Å². The minimum atomic E-state index is 0.0402. The summed E-state index contributed by atoms with van der Waals surface area (Å²) in [6.45, 7) is 6.52. The van der Waals surface area contributed by atoms with Gasteiger partial charge < -0.3 is 14.7 Å². The lowest BCUT2D eigenvalue weighted by Crippen LogP contribution is -2.33. The molecule has 0 aliphatic carbocycles. The first-order chi connectivity index (χ1) is 10.8. The Kier molecular flexibility index (Phi) is 16.3. The van der Waals surface area contributed by atoms with Gasteiger partial charge in [0.15, 0.2) is 0 Å². The first-order valence-electron chi connectivity index (χ1n) is 9.22. The van der Waals surface area contributed by atoms with Gasteiger partial charge in [0, 0.05) is 19.5 Å². The predicted octanol–water partition coefficient (Wildman–Crippen LogP) is 3.76. The number of carbonyl (C=O) groups is 1. The number of amides is 1. The zero-order valence-electron chi connectivity index (χ0n) is 14.8. The smallest absolute Gasteiger partial charge is 0.222 e. The maximum atomic E-state index is 12.1. The highest BCUT2D eigenvalue weighted by atomic mass is 16.5. The molecule has 0 heterocycles. The molecule has 0 rings (SSSR count). The molecule has 0 aliphatic rings. The number of carbonyl (C=O) groups excluding carboxylic acids is 1. The van der Waals surface area contributed by atoms with Crippen molar-refractivity contribution in [3.63, 3.8) is 0 Å². The summed E-state index contributed by atoms with van der Waals surface area (Å²) in [5.41, 5.74) is 0. The standard InChI is InChI=1S/C18H37NO3/c1-3-5-6-7-8-9-10-11-12-13-18(21)19(4-2)14-16-22-17-15-20/h20H,3-17H2,1-2H3. The molecule has 4 heteroatoms. The Balaban J connectivity index is 3.48. The monoisotopic (exact) mass is 315 g/mol. The van der Waals surface area contributed by atoms with E-state index in [1.54, 1.807) is 0 Å². The quantitative estimate of drug-likeness (QED) is 0.441. The van der Waals surface area contributed by atoms with Gasteiger partial charge >= 0.3 is 0 Å². The zero-order valence-corrected chi connectivity index (χ0v) is 14.8. The minimum Gasteiger partial charge on any atom is -0.394 e. The van der Waals surface area contributed by atoms with Crippen molar-refractivity contribution in [3.05, 3.63) is 0 Å². The summed E-state index contributed by atoms with van der Waals surface area (Å²) in [4.78, 5) is 13.9. The van der Waals surface area contributed by atoms with Crippen LogP contribution in [-0.2, 0) is 9.53 Å². The Labute approximate surface area is 137 Å². The number of aliphatic hydroxyl groups is 1. The molecule has 0 radical (unpaired) electrons. The van der Waals surface area contributed by atoms with Gasteiger partial charge in [0.25, 0.3) is 0 Å². The predicted molar refractivity (Wildman–Crippen MR) is 92.0 cm³/mol. The van der Waals surface area contributed by atoms with Gasteiger partial charge in [-0.1, -0.05) is 58.3 Å². The van der Waals surface area contributed by atoms with Crippen LogP contribution in [0.15, 0.2) is 0 Å². The van der Waals surface area contributed by atoms with E-state index >= 15 is 0 Å². The van der Waals surface area contributed by atoms with Crippen LogP contribution in [0, 0.1) is 0 Å². The molecule has 1 N–H and O–H groups in total. The van der Waals surface area contributed by atoms with Crippen molar-refractivity contribution in [1.82, 2.24) is 4.90 Å². The number of ether oxygens (including phenoxy) is 1. The summed E-state index contributed by atoms with van der Waals surface area (Å²) < 4.78 is 5.22. The van der Waals surface area contributed by atoms with Gasteiger partial charge in [0.2, 0.25) is 5.91 Å². The number of hydrogen-bond donors (Lipinski definition) is 1. The van der Waals surface area contributed by atoms with Crippen LogP contribution in [0.2, 0.25) is 0 Å². The van der Waals surface area contributed by atoms with Crippen molar-refractivity contribution in [1.29, 1.82) is 0 Å². The molecule has 0 aliphatic heterocycles. The molecule has 0 saturated heterocycles. The molecule has 132 valence electrons. The lowest BCUT2D eigenvalue weighted by Gasteiger charge is -2.20. The summed E-state index contributed by atoms with van der Waals surface area (Å²) >= 11 is 0. The van der Waals surface area contributed by atoms with Crippen LogP contribution in [0.1, 0.15) is 78.1 Å². The van der Waals surface area contributed by atoms with Crippen molar-refractivity contribution in [2.75, 3.05) is 32.9 Å². The van der Waals surface area contributed by atoms with Gasteiger partial charge in [-0.2, -0.15) is 0 Å². The van der Waals surface area contributed by atoms with Crippen molar-refractivity contribution in [2.45, 2.75) is 78.1 Å². The first-order valence-corrected chi connectivity index (χ1v) is 9.22. The van der Waals surface area contributed by atoms with Gasteiger partial charge in [-0.05, 0) is 13.3 Å². The number of rotatable bonds is 16. The van der Waals surface area contributed by atoms with E-state index in [0.29, 0.717) is 26.2 Å². The van der Waals surface area contributed by atoms with E-state index in [4.69, 9.17) is 9.84 Å². The van der Waals surface area contributed by atoms with Crippen molar-refractivity contribution in [3.8, 4) is 0 Å². The fourth-order valence-electron chi connectivity index (χ4n) is 2.55. The number of hydrogen-bond acceptors (Lipinski definition) is 3. The lowest BCUT2D eigenvalue weighted by molar-refractivity contribution is -0.131. The second-order valence-electron chi connectivity index (χ2n) is 5.89. The largest absolute Gasteiger partial charge is 0.394 e. The highest BCUT2D eigenvalue weighted by Gasteiger charge is 2.10. The van der Waals surface area contributed by atoms with Crippen LogP contribution in [0.4, 0.5) is 0 Å². The molecule has 0 fully saturated rings. The summed E-state index contributed by atoms with van der Waals surface area (Å²) in [7, 11) is 0. The average molecular weight is 315 g/mol. The minimum absolute atomic E-state index is 0.0402. The van der Waals surface area contributed by atoms with E-state index in [9.17, 15) is 4.79 Å². The van der Waals surface area contributed by atoms with E-state index in [1.807, 2.05) is 11.8 Å². The van der Waals surface area contributed by atoms with Gasteiger partial charge in [0.1, 0.15) is 0 Å². The number of likely N-dealkylation sites (N-methyl/N-ethyl adjacent to an activating group) is 1. The highest BCUT2D eigenvalue weighted by Crippen LogP contribution is 2.11. The van der Waals surface area contributed by atoms with Gasteiger partial charge in [-0.25, -0.2) is 0 Å². The molecule has 0 unspecified atom stereocenters. The third kappa shape index (κ3) is 13.1. The Hall–Kier alpha value is -0.610. The van der Waals surface area contributed by atoms with Crippen LogP contribution in [-0.4, -0.2) is 48.8 Å². The maximum absolute atomic E-state index is 12.1. The third-order valence-corrected chi connectivity index (χ3v) is 3.97. The molecule has 4 nitrogen and oxygen atoms in total. The molecule has 22 heavy (non-hydrogen) atoms. The summed E-state index contributed by atoms with van der Waals surface area (Å²) in [5.74, 6) is 0.234. The zero-order chi connectivity index (χ0) is 16.5. The highest BCUT2D eigenvalue weighted by molar-refractivity contribution is 5.76. The number of aliphatic hydroxyl groups excluding tert-OH is 1. The molecule has 0 saturated carbocycles. The van der Waals surface area contributed by atoms with E-state index in [-0.39, 0.29) is 12.5 Å². The van der Waals surface area contributed by atoms with E-state index in [2.05, 4.69) is 6.92 Å². The number of nitrogens with zero attached hydrogens (tertiary/aromatic N) is 1. The van der Waals surface area contributed by atoms with Crippen LogP contribution in [0.3, 0.4) is 0 Å². The summed E-state index contributed by atoms with van der Waals surface area (Å²) in [6, 6.07) is 0. The van der Waals surface area contributed by atoms with E-state index < -0.39 is 0 Å². The molecule has 0 aromatic heterocycles. The summed E-state index contributed by atoms with van der Waals surface area (Å²) in [6.07, 6.45) is 12.1. The van der Waals surface area contributed by atoms with Crippen molar-refractivity contribution < 1.29 is 14.6 Å². The van der Waals surface area contributed by atoms with Crippen molar-refractivity contribution >= 4 is 5.91 Å². The molecular formula is C18H37NO3. The second kappa shape index (κ2) is 16.8. The van der Waals surface area contributed by atoms with Crippen LogP contribution < -0.4 is 0 Å². The third-order valence-electron chi connectivity index (χ3n) is 3.97. The molecular weight excluding hydrogens is 278 g/mol. The first kappa shape index (κ1) is 21.4. The van der Waals surface area contributed by atoms with E-state index in [0.717, 1.165) is 19.4 Å². The Morgan fingerprint density at radius 1 is 0.909 bits per heavy atom. The van der Waals surface area contributed by atoms with Crippen LogP contribution in [0.5, 0.6) is 0 Å². The second-order valence-corrected chi connectivity index (χ2v) is 5.89. The van der Waals surface area contributed by atoms with Crippen LogP contribution >= 0.6 is 0 Å². The molecule has 1 amide bonds. The molecule has 0 bridgehead atoms.